The van der Waals surface area contributed by atoms with Crippen LogP contribution in [-0.4, -0.2) is 34.0 Å². The first-order chi connectivity index (χ1) is 14.3. The number of pyridine rings is 1. The Morgan fingerprint density at radius 3 is 2.62 bits per heavy atom. The molecule has 29 heavy (non-hydrogen) atoms. The van der Waals surface area contributed by atoms with Gasteiger partial charge < -0.3 is 15.4 Å². The Balaban J connectivity index is 1.66. The molecule has 1 aliphatic rings. The van der Waals surface area contributed by atoms with Crippen molar-refractivity contribution < 1.29 is 4.74 Å². The highest BCUT2D eigenvalue weighted by molar-refractivity contribution is 5.91. The van der Waals surface area contributed by atoms with E-state index >= 15 is 0 Å². The number of hydrogen-bond acceptors (Lipinski definition) is 5. The second kappa shape index (κ2) is 9.37. The minimum Gasteiger partial charge on any atom is -0.381 e. The average Bonchev–Trinajstić information content (AvgIpc) is 3.19. The van der Waals surface area contributed by atoms with Gasteiger partial charge in [0.1, 0.15) is 0 Å². The van der Waals surface area contributed by atoms with Crippen LogP contribution in [0.25, 0.3) is 11.0 Å². The molecule has 1 aliphatic heterocycles. The van der Waals surface area contributed by atoms with Crippen molar-refractivity contribution in [1.29, 1.82) is 0 Å². The fourth-order valence-corrected chi connectivity index (χ4v) is 4.03. The first kappa shape index (κ1) is 19.9. The number of benzene rings is 1. The number of rotatable bonds is 8. The molecule has 2 N–H and O–H groups in total. The molecule has 0 unspecified atom stereocenters. The molecule has 1 fully saturated rings. The van der Waals surface area contributed by atoms with Crippen LogP contribution in [0.4, 0.5) is 5.69 Å². The van der Waals surface area contributed by atoms with E-state index in [0.717, 1.165) is 68.8 Å². The highest BCUT2D eigenvalue weighted by Gasteiger charge is 2.21. The van der Waals surface area contributed by atoms with E-state index in [4.69, 9.17) is 9.72 Å². The Morgan fingerprint density at radius 1 is 1.10 bits per heavy atom. The summed E-state index contributed by atoms with van der Waals surface area (Å²) in [6.07, 6.45) is 4.93. The second-order valence-electron chi connectivity index (χ2n) is 7.58. The number of ether oxygens (including phenoxy) is 1. The molecular formula is C23H31N5O. The molecule has 3 aromatic rings. The SMILES string of the molecule is CCc1nc2c(cnn2CC)c(NC2CCOCC2)c1CNCc1ccccc1. The van der Waals surface area contributed by atoms with E-state index in [0.29, 0.717) is 6.04 Å². The summed E-state index contributed by atoms with van der Waals surface area (Å²) in [5, 5.41) is 13.2. The van der Waals surface area contributed by atoms with E-state index in [9.17, 15) is 0 Å². The van der Waals surface area contributed by atoms with Gasteiger partial charge in [-0.05, 0) is 31.7 Å². The van der Waals surface area contributed by atoms with Crippen molar-refractivity contribution in [2.75, 3.05) is 18.5 Å². The molecule has 0 atom stereocenters. The predicted octanol–water partition coefficient (Wildman–Crippen LogP) is 3.89. The van der Waals surface area contributed by atoms with E-state index in [1.54, 1.807) is 0 Å². The molecular weight excluding hydrogens is 362 g/mol. The van der Waals surface area contributed by atoms with Gasteiger partial charge in [-0.2, -0.15) is 5.10 Å². The molecule has 4 rings (SSSR count). The summed E-state index contributed by atoms with van der Waals surface area (Å²) in [5.74, 6) is 0. The smallest absolute Gasteiger partial charge is 0.160 e. The van der Waals surface area contributed by atoms with Crippen LogP contribution in [0, 0.1) is 0 Å². The Bertz CT molecular complexity index is 931. The van der Waals surface area contributed by atoms with Gasteiger partial charge in [-0.1, -0.05) is 37.3 Å². The summed E-state index contributed by atoms with van der Waals surface area (Å²) in [6, 6.07) is 11.0. The fourth-order valence-electron chi connectivity index (χ4n) is 4.03. The van der Waals surface area contributed by atoms with Crippen molar-refractivity contribution in [2.45, 2.75) is 58.8 Å². The molecule has 1 saturated heterocycles. The lowest BCUT2D eigenvalue weighted by molar-refractivity contribution is 0.0904. The van der Waals surface area contributed by atoms with E-state index in [-0.39, 0.29) is 0 Å². The Hall–Kier alpha value is -2.44. The summed E-state index contributed by atoms with van der Waals surface area (Å²) in [7, 11) is 0. The predicted molar refractivity (Wildman–Crippen MR) is 117 cm³/mol. The van der Waals surface area contributed by atoms with Crippen LogP contribution in [0.3, 0.4) is 0 Å². The van der Waals surface area contributed by atoms with Gasteiger partial charge in [0.15, 0.2) is 5.65 Å². The number of hydrogen-bond donors (Lipinski definition) is 2. The largest absolute Gasteiger partial charge is 0.381 e. The summed E-state index contributed by atoms with van der Waals surface area (Å²) < 4.78 is 7.55. The van der Waals surface area contributed by atoms with Gasteiger partial charge in [-0.25, -0.2) is 9.67 Å². The molecule has 3 heterocycles. The number of fused-ring (bicyclic) bond motifs is 1. The average molecular weight is 394 g/mol. The number of nitrogens with zero attached hydrogens (tertiary/aromatic N) is 3. The number of nitrogens with one attached hydrogen (secondary N) is 2. The molecule has 6 nitrogen and oxygen atoms in total. The summed E-state index contributed by atoms with van der Waals surface area (Å²) in [6.45, 7) is 8.38. The molecule has 2 aromatic heterocycles. The molecule has 0 saturated carbocycles. The Morgan fingerprint density at radius 2 is 1.90 bits per heavy atom. The minimum atomic E-state index is 0.428. The van der Waals surface area contributed by atoms with E-state index in [2.05, 4.69) is 59.9 Å². The van der Waals surface area contributed by atoms with Gasteiger partial charge in [0.25, 0.3) is 0 Å². The maximum atomic E-state index is 5.55. The number of anilines is 1. The quantitative estimate of drug-likeness (QED) is 0.608. The summed E-state index contributed by atoms with van der Waals surface area (Å²) >= 11 is 0. The molecule has 1 aromatic carbocycles. The first-order valence-corrected chi connectivity index (χ1v) is 10.8. The van der Waals surface area contributed by atoms with Gasteiger partial charge >= 0.3 is 0 Å². The molecule has 0 bridgehead atoms. The van der Waals surface area contributed by atoms with E-state index in [1.165, 1.54) is 16.8 Å². The van der Waals surface area contributed by atoms with Gasteiger partial charge in [-0.3, -0.25) is 0 Å². The maximum Gasteiger partial charge on any atom is 0.160 e. The summed E-state index contributed by atoms with van der Waals surface area (Å²) in [5.41, 5.74) is 5.86. The third kappa shape index (κ3) is 4.43. The lowest BCUT2D eigenvalue weighted by atomic mass is 10.0. The van der Waals surface area contributed by atoms with Crippen molar-refractivity contribution in [3.8, 4) is 0 Å². The minimum absolute atomic E-state index is 0.428. The zero-order valence-electron chi connectivity index (χ0n) is 17.4. The lowest BCUT2D eigenvalue weighted by Crippen LogP contribution is -2.29. The van der Waals surface area contributed by atoms with Crippen molar-refractivity contribution in [2.24, 2.45) is 0 Å². The van der Waals surface area contributed by atoms with Crippen LogP contribution in [-0.2, 0) is 30.8 Å². The van der Waals surface area contributed by atoms with Crippen molar-refractivity contribution >= 4 is 16.7 Å². The van der Waals surface area contributed by atoms with Crippen LogP contribution < -0.4 is 10.6 Å². The monoisotopic (exact) mass is 393 g/mol. The molecule has 0 amide bonds. The molecule has 0 radical (unpaired) electrons. The third-order valence-corrected chi connectivity index (χ3v) is 5.65. The first-order valence-electron chi connectivity index (χ1n) is 10.8. The topological polar surface area (TPSA) is 64.0 Å². The Kier molecular flexibility index (Phi) is 6.42. The zero-order chi connectivity index (χ0) is 20.1. The highest BCUT2D eigenvalue weighted by Crippen LogP contribution is 2.31. The van der Waals surface area contributed by atoms with Crippen molar-refractivity contribution in [3.63, 3.8) is 0 Å². The maximum absolute atomic E-state index is 5.55. The van der Waals surface area contributed by atoms with Crippen LogP contribution in [0.15, 0.2) is 36.5 Å². The van der Waals surface area contributed by atoms with Gasteiger partial charge in [0, 0.05) is 50.1 Å². The van der Waals surface area contributed by atoms with Crippen LogP contribution in [0.5, 0.6) is 0 Å². The third-order valence-electron chi connectivity index (χ3n) is 5.65. The van der Waals surface area contributed by atoms with E-state index in [1.807, 2.05) is 10.9 Å². The van der Waals surface area contributed by atoms with E-state index < -0.39 is 0 Å². The number of aromatic nitrogens is 3. The van der Waals surface area contributed by atoms with Crippen molar-refractivity contribution in [1.82, 2.24) is 20.1 Å². The van der Waals surface area contributed by atoms with Crippen LogP contribution in [0.2, 0.25) is 0 Å². The molecule has 6 heteroatoms. The normalized spacial score (nSPS) is 15.1. The lowest BCUT2D eigenvalue weighted by Gasteiger charge is -2.26. The van der Waals surface area contributed by atoms with Crippen LogP contribution >= 0.6 is 0 Å². The standard InChI is InChI=1S/C23H31N5O/c1-3-21-19(15-24-14-17-8-6-5-7-9-17)22(26-18-10-12-29-13-11-18)20-16-25-28(4-2)23(20)27-21/h5-9,16,18,24H,3-4,10-15H2,1-2H3,(H,26,27). The fraction of sp³-hybridized carbons (Fsp3) is 0.478. The number of aryl methyl sites for hydroxylation is 2. The molecule has 0 spiro atoms. The zero-order valence-corrected chi connectivity index (χ0v) is 17.4. The van der Waals surface area contributed by atoms with Gasteiger partial charge in [-0.15, -0.1) is 0 Å². The second-order valence-corrected chi connectivity index (χ2v) is 7.58. The Labute approximate surface area is 172 Å². The molecule has 0 aliphatic carbocycles. The van der Waals surface area contributed by atoms with Crippen LogP contribution in [0.1, 0.15) is 43.5 Å². The molecule has 154 valence electrons. The summed E-state index contributed by atoms with van der Waals surface area (Å²) in [4.78, 5) is 5.00. The highest BCUT2D eigenvalue weighted by atomic mass is 16.5. The van der Waals surface area contributed by atoms with Gasteiger partial charge in [0.05, 0.1) is 17.3 Å². The van der Waals surface area contributed by atoms with Gasteiger partial charge in [0.2, 0.25) is 0 Å². The van der Waals surface area contributed by atoms with Crippen molar-refractivity contribution in [3.05, 3.63) is 53.3 Å².